The molecule has 3 aromatic rings. The summed E-state index contributed by atoms with van der Waals surface area (Å²) < 4.78 is 17.0. The maximum Gasteiger partial charge on any atom is 0.226 e. The Labute approximate surface area is 176 Å². The lowest BCUT2D eigenvalue weighted by Gasteiger charge is -2.11. The van der Waals surface area contributed by atoms with Crippen LogP contribution in [0.3, 0.4) is 0 Å². The van der Waals surface area contributed by atoms with E-state index in [9.17, 15) is 4.79 Å². The first-order valence-corrected chi connectivity index (χ1v) is 10.3. The molecule has 2 heterocycles. The molecule has 6 heteroatoms. The van der Waals surface area contributed by atoms with E-state index in [0.29, 0.717) is 29.7 Å². The fourth-order valence-electron chi connectivity index (χ4n) is 3.34. The average molecular weight is 406 g/mol. The molecule has 156 valence electrons. The van der Waals surface area contributed by atoms with Crippen LogP contribution in [0, 0.1) is 12.8 Å². The minimum Gasteiger partial charge on any atom is -0.493 e. The van der Waals surface area contributed by atoms with Crippen molar-refractivity contribution in [2.24, 2.45) is 5.92 Å². The second kappa shape index (κ2) is 9.11. The number of nitrogens with zero attached hydrogens (tertiary/aromatic N) is 2. The Morgan fingerprint density at radius 3 is 2.83 bits per heavy atom. The van der Waals surface area contributed by atoms with E-state index in [1.54, 1.807) is 13.3 Å². The Hall–Kier alpha value is -3.15. The van der Waals surface area contributed by atoms with Crippen molar-refractivity contribution in [1.82, 2.24) is 9.97 Å². The number of aromatic nitrogens is 2. The summed E-state index contributed by atoms with van der Waals surface area (Å²) in [5.41, 5.74) is 3.21. The Morgan fingerprint density at radius 2 is 2.07 bits per heavy atom. The van der Waals surface area contributed by atoms with Gasteiger partial charge in [-0.15, -0.1) is 0 Å². The van der Waals surface area contributed by atoms with Crippen LogP contribution in [-0.2, 0) is 17.6 Å². The van der Waals surface area contributed by atoms with Gasteiger partial charge >= 0.3 is 0 Å². The molecule has 0 bridgehead atoms. The molecule has 1 aliphatic rings. The second-order valence-corrected chi connectivity index (χ2v) is 7.75. The summed E-state index contributed by atoms with van der Waals surface area (Å²) in [6, 6.07) is 9.42. The van der Waals surface area contributed by atoms with Gasteiger partial charge in [-0.25, -0.2) is 4.98 Å². The van der Waals surface area contributed by atoms with Gasteiger partial charge in [-0.3, -0.25) is 9.78 Å². The molecule has 0 atom stereocenters. The number of benzene rings is 1. The Balaban J connectivity index is 1.42. The lowest BCUT2D eigenvalue weighted by Crippen LogP contribution is -2.09. The van der Waals surface area contributed by atoms with Crippen LogP contribution >= 0.6 is 0 Å². The van der Waals surface area contributed by atoms with Crippen molar-refractivity contribution in [3.05, 3.63) is 59.7 Å². The number of rotatable bonds is 10. The minimum absolute atomic E-state index is 0.0514. The zero-order valence-corrected chi connectivity index (χ0v) is 17.4. The summed E-state index contributed by atoms with van der Waals surface area (Å²) in [5, 5.41) is 0. The molecule has 2 aromatic heterocycles. The maximum absolute atomic E-state index is 12.4. The first-order valence-electron chi connectivity index (χ1n) is 10.3. The quantitative estimate of drug-likeness (QED) is 0.490. The van der Waals surface area contributed by atoms with E-state index in [4.69, 9.17) is 13.9 Å². The minimum atomic E-state index is 0.0514. The number of hydrogen-bond acceptors (Lipinski definition) is 6. The fourth-order valence-corrected chi connectivity index (χ4v) is 3.34. The average Bonchev–Trinajstić information content (AvgIpc) is 3.46. The van der Waals surface area contributed by atoms with Crippen LogP contribution in [0.15, 0.2) is 47.2 Å². The third-order valence-corrected chi connectivity index (χ3v) is 5.30. The molecule has 4 rings (SSSR count). The van der Waals surface area contributed by atoms with Crippen LogP contribution in [0.4, 0.5) is 0 Å². The van der Waals surface area contributed by atoms with Gasteiger partial charge in [-0.2, -0.15) is 0 Å². The van der Waals surface area contributed by atoms with Gasteiger partial charge in [-0.05, 0) is 49.1 Å². The predicted octanol–water partition coefficient (Wildman–Crippen LogP) is 4.59. The number of Topliss-reactive ketones (excluding diaryl/α,β-unsaturated/α-hetero) is 1. The summed E-state index contributed by atoms with van der Waals surface area (Å²) in [5.74, 6) is 2.68. The summed E-state index contributed by atoms with van der Waals surface area (Å²) in [6.07, 6.45) is 7.41. The van der Waals surface area contributed by atoms with E-state index in [-0.39, 0.29) is 18.6 Å². The summed E-state index contributed by atoms with van der Waals surface area (Å²) >= 11 is 0. The van der Waals surface area contributed by atoms with Crippen molar-refractivity contribution in [2.75, 3.05) is 13.7 Å². The van der Waals surface area contributed by atoms with Crippen molar-refractivity contribution in [3.8, 4) is 23.0 Å². The molecule has 0 aliphatic heterocycles. The molecule has 30 heavy (non-hydrogen) atoms. The lowest BCUT2D eigenvalue weighted by molar-refractivity contribution is -0.117. The molecule has 0 unspecified atom stereocenters. The van der Waals surface area contributed by atoms with Crippen molar-refractivity contribution in [2.45, 2.75) is 39.0 Å². The van der Waals surface area contributed by atoms with Gasteiger partial charge in [0.1, 0.15) is 12.0 Å². The zero-order valence-electron chi connectivity index (χ0n) is 17.4. The van der Waals surface area contributed by atoms with Gasteiger partial charge < -0.3 is 13.9 Å². The highest BCUT2D eigenvalue weighted by atomic mass is 16.5. The SMILES string of the molecule is COc1ccc(-c2nc(CC(=O)Cc3ncccc3C)co2)cc1OCCC1CC1. The van der Waals surface area contributed by atoms with Gasteiger partial charge in [0.25, 0.3) is 0 Å². The topological polar surface area (TPSA) is 74.5 Å². The van der Waals surface area contributed by atoms with Crippen LogP contribution in [0.2, 0.25) is 0 Å². The van der Waals surface area contributed by atoms with Crippen LogP contribution in [0.1, 0.15) is 36.2 Å². The number of hydrogen-bond donors (Lipinski definition) is 0. The Kier molecular flexibility index (Phi) is 6.12. The van der Waals surface area contributed by atoms with E-state index in [0.717, 1.165) is 29.2 Å². The maximum atomic E-state index is 12.4. The predicted molar refractivity (Wildman–Crippen MR) is 113 cm³/mol. The van der Waals surface area contributed by atoms with Crippen molar-refractivity contribution in [1.29, 1.82) is 0 Å². The molecule has 0 saturated heterocycles. The molecular formula is C24H26N2O4. The van der Waals surface area contributed by atoms with Crippen molar-refractivity contribution < 1.29 is 18.7 Å². The van der Waals surface area contributed by atoms with E-state index >= 15 is 0 Å². The van der Waals surface area contributed by atoms with Crippen LogP contribution < -0.4 is 9.47 Å². The standard InChI is InChI=1S/C24H26N2O4/c1-16-4-3-10-25-21(16)14-20(27)13-19-15-30-24(26-19)18-7-8-22(28-2)23(12-18)29-11-9-17-5-6-17/h3-4,7-8,10,12,15,17H,5-6,9,11,13-14H2,1-2H3. The van der Waals surface area contributed by atoms with E-state index in [2.05, 4.69) is 9.97 Å². The second-order valence-electron chi connectivity index (χ2n) is 7.75. The zero-order chi connectivity index (χ0) is 20.9. The number of pyridine rings is 1. The third-order valence-electron chi connectivity index (χ3n) is 5.30. The molecule has 1 aliphatic carbocycles. The number of methoxy groups -OCH3 is 1. The number of carbonyl (C=O) groups excluding carboxylic acids is 1. The molecule has 1 fully saturated rings. The summed E-state index contributed by atoms with van der Waals surface area (Å²) in [4.78, 5) is 21.2. The molecule has 0 spiro atoms. The smallest absolute Gasteiger partial charge is 0.226 e. The molecule has 1 aromatic carbocycles. The number of oxazole rings is 1. The van der Waals surface area contributed by atoms with Crippen LogP contribution in [0.5, 0.6) is 11.5 Å². The van der Waals surface area contributed by atoms with Crippen molar-refractivity contribution >= 4 is 5.78 Å². The Morgan fingerprint density at radius 1 is 1.20 bits per heavy atom. The number of carbonyl (C=O) groups is 1. The number of ether oxygens (including phenoxy) is 2. The molecule has 0 N–H and O–H groups in total. The van der Waals surface area contributed by atoms with Gasteiger partial charge in [0.15, 0.2) is 11.5 Å². The van der Waals surface area contributed by atoms with Gasteiger partial charge in [0, 0.05) is 18.2 Å². The van der Waals surface area contributed by atoms with Gasteiger partial charge in [0.2, 0.25) is 5.89 Å². The summed E-state index contributed by atoms with van der Waals surface area (Å²) in [7, 11) is 1.63. The highest BCUT2D eigenvalue weighted by molar-refractivity contribution is 5.82. The lowest BCUT2D eigenvalue weighted by atomic mass is 10.1. The highest BCUT2D eigenvalue weighted by Crippen LogP contribution is 2.35. The molecular weight excluding hydrogens is 380 g/mol. The number of ketones is 1. The van der Waals surface area contributed by atoms with Gasteiger partial charge in [-0.1, -0.05) is 18.9 Å². The molecule has 0 amide bonds. The number of aryl methyl sites for hydroxylation is 1. The molecule has 6 nitrogen and oxygen atoms in total. The fraction of sp³-hybridized carbons (Fsp3) is 0.375. The largest absolute Gasteiger partial charge is 0.493 e. The Bertz CT molecular complexity index is 1020. The highest BCUT2D eigenvalue weighted by Gasteiger charge is 2.21. The summed E-state index contributed by atoms with van der Waals surface area (Å²) in [6.45, 7) is 2.63. The first-order chi connectivity index (χ1) is 14.6. The van der Waals surface area contributed by atoms with Crippen LogP contribution in [-0.4, -0.2) is 29.5 Å². The third kappa shape index (κ3) is 5.06. The van der Waals surface area contributed by atoms with E-state index in [1.807, 2.05) is 37.3 Å². The molecule has 1 saturated carbocycles. The normalized spacial score (nSPS) is 13.3. The first kappa shape index (κ1) is 20.1. The van der Waals surface area contributed by atoms with E-state index in [1.165, 1.54) is 19.1 Å². The van der Waals surface area contributed by atoms with E-state index < -0.39 is 0 Å². The molecule has 0 radical (unpaired) electrons. The van der Waals surface area contributed by atoms with Gasteiger partial charge in [0.05, 0.1) is 31.5 Å². The monoisotopic (exact) mass is 406 g/mol. The van der Waals surface area contributed by atoms with Crippen molar-refractivity contribution in [3.63, 3.8) is 0 Å². The van der Waals surface area contributed by atoms with Crippen LogP contribution in [0.25, 0.3) is 11.5 Å².